The van der Waals surface area contributed by atoms with Gasteiger partial charge < -0.3 is 0 Å². The summed E-state index contributed by atoms with van der Waals surface area (Å²) in [5.41, 5.74) is 0. The molecule has 0 saturated heterocycles. The van der Waals surface area contributed by atoms with Gasteiger partial charge in [0.1, 0.15) is 0 Å². The van der Waals surface area contributed by atoms with E-state index in [1.54, 1.807) is 11.3 Å². The smallest absolute Gasteiger partial charge is 0.00934 e. The minimum absolute atomic E-state index is 0. The third-order valence-electron chi connectivity index (χ3n) is 0.425. The Kier molecular flexibility index (Phi) is 3.87. The van der Waals surface area contributed by atoms with Gasteiger partial charge in [0, 0.05) is 0 Å². The van der Waals surface area contributed by atoms with Gasteiger partial charge in [-0.2, -0.15) is 11.3 Å². The minimum atomic E-state index is 0. The zero-order valence-electron chi connectivity index (χ0n) is 3.13. The van der Waals surface area contributed by atoms with E-state index in [0.29, 0.717) is 0 Å². The maximum Gasteiger partial charge on any atom is -0.00934 e. The van der Waals surface area contributed by atoms with Crippen molar-refractivity contribution in [2.24, 2.45) is 0 Å². The molecule has 1 heterocycles. The molecule has 1 aromatic heterocycles. The first-order chi connectivity index (χ1) is 2.50. The van der Waals surface area contributed by atoms with Crippen LogP contribution in [0.3, 0.4) is 0 Å². The normalized spacial score (nSPS) is 6.67. The first-order valence-electron chi connectivity index (χ1n) is 1.47. The summed E-state index contributed by atoms with van der Waals surface area (Å²) in [4.78, 5) is 0. The lowest BCUT2D eigenvalue weighted by Crippen LogP contribution is -1.16. The number of rotatable bonds is 0. The van der Waals surface area contributed by atoms with Crippen LogP contribution in [0.1, 0.15) is 0 Å². The molecule has 1 rings (SSSR count). The minimum Gasteiger partial charge on any atom is -0.152 e. The van der Waals surface area contributed by atoms with Crippen molar-refractivity contribution in [3.63, 3.8) is 0 Å². The highest BCUT2D eigenvalue weighted by Crippen LogP contribution is 1.91. The summed E-state index contributed by atoms with van der Waals surface area (Å²) in [7, 11) is 0. The zero-order valence-corrected chi connectivity index (χ0v) is 6.27. The SMILES string of the molecule is I.c1ccsc1. The quantitative estimate of drug-likeness (QED) is 0.579. The maximum absolute atomic E-state index is 2.04. The van der Waals surface area contributed by atoms with E-state index >= 15 is 0 Å². The molecule has 0 amide bonds. The fourth-order valence-corrected chi connectivity index (χ4v) is 0.680. The second kappa shape index (κ2) is 3.61. The second-order valence-electron chi connectivity index (χ2n) is 0.793. The summed E-state index contributed by atoms with van der Waals surface area (Å²) >= 11 is 1.71. The summed E-state index contributed by atoms with van der Waals surface area (Å²) in [6.07, 6.45) is 0. The first-order valence-corrected chi connectivity index (χ1v) is 2.41. The standard InChI is InChI=1S/C4H4S.HI/c1-2-4-5-3-1;/h1-4H;1H. The van der Waals surface area contributed by atoms with Crippen LogP contribution in [0.5, 0.6) is 0 Å². The Morgan fingerprint density at radius 3 is 1.67 bits per heavy atom. The Bertz CT molecular complexity index is 64.0. The van der Waals surface area contributed by atoms with Crippen LogP contribution in [-0.2, 0) is 0 Å². The highest BCUT2D eigenvalue weighted by molar-refractivity contribution is 14.0. The van der Waals surface area contributed by atoms with Crippen LogP contribution < -0.4 is 0 Å². The molecule has 34 valence electrons. The third-order valence-corrected chi connectivity index (χ3v) is 1.05. The molecule has 0 aliphatic carbocycles. The van der Waals surface area contributed by atoms with Gasteiger partial charge in [0.05, 0.1) is 0 Å². The van der Waals surface area contributed by atoms with E-state index in [9.17, 15) is 0 Å². The molecule has 0 saturated carbocycles. The van der Waals surface area contributed by atoms with Gasteiger partial charge in [-0.25, -0.2) is 0 Å². The number of thiophene rings is 1. The molecule has 1 aromatic rings. The summed E-state index contributed by atoms with van der Waals surface area (Å²) in [5, 5.41) is 4.08. The number of halogens is 1. The van der Waals surface area contributed by atoms with Gasteiger partial charge in [-0.15, -0.1) is 24.0 Å². The van der Waals surface area contributed by atoms with Crippen LogP contribution in [-0.4, -0.2) is 0 Å². The summed E-state index contributed by atoms with van der Waals surface area (Å²) in [6.45, 7) is 0. The van der Waals surface area contributed by atoms with E-state index < -0.39 is 0 Å². The van der Waals surface area contributed by atoms with Crippen molar-refractivity contribution in [1.82, 2.24) is 0 Å². The Labute approximate surface area is 58.2 Å². The fourth-order valence-electron chi connectivity index (χ4n) is 0.227. The number of hydrogen-bond donors (Lipinski definition) is 0. The lowest BCUT2D eigenvalue weighted by molar-refractivity contribution is 2.03. The highest BCUT2D eigenvalue weighted by Gasteiger charge is 1.58. The van der Waals surface area contributed by atoms with E-state index in [-0.39, 0.29) is 24.0 Å². The molecule has 0 nitrogen and oxygen atoms in total. The molecule has 2 heteroatoms. The maximum atomic E-state index is 2.04. The molecule has 0 spiro atoms. The number of hydrogen-bond acceptors (Lipinski definition) is 1. The summed E-state index contributed by atoms with van der Waals surface area (Å²) in [6, 6.07) is 4.04. The van der Waals surface area contributed by atoms with Crippen molar-refractivity contribution in [2.75, 3.05) is 0 Å². The first kappa shape index (κ1) is 6.43. The van der Waals surface area contributed by atoms with E-state index in [1.807, 2.05) is 22.9 Å². The van der Waals surface area contributed by atoms with E-state index in [1.165, 1.54) is 0 Å². The topological polar surface area (TPSA) is 0 Å². The van der Waals surface area contributed by atoms with Crippen LogP contribution in [0, 0.1) is 0 Å². The predicted molar refractivity (Wildman–Crippen MR) is 39.7 cm³/mol. The largest absolute Gasteiger partial charge is 0.152 e. The fraction of sp³-hybridized carbons (Fsp3) is 0. The van der Waals surface area contributed by atoms with E-state index in [0.717, 1.165) is 0 Å². The van der Waals surface area contributed by atoms with Gasteiger partial charge in [0.2, 0.25) is 0 Å². The highest BCUT2D eigenvalue weighted by atomic mass is 127. The zero-order chi connectivity index (χ0) is 3.54. The predicted octanol–water partition coefficient (Wildman–Crippen LogP) is 2.37. The van der Waals surface area contributed by atoms with Gasteiger partial charge in [-0.3, -0.25) is 0 Å². The molecule has 0 fully saturated rings. The van der Waals surface area contributed by atoms with Crippen LogP contribution in [0.4, 0.5) is 0 Å². The lowest BCUT2D eigenvalue weighted by atomic mass is 10.7. The molecule has 0 N–H and O–H groups in total. The van der Waals surface area contributed by atoms with Crippen molar-refractivity contribution in [2.45, 2.75) is 0 Å². The summed E-state index contributed by atoms with van der Waals surface area (Å²) in [5.74, 6) is 0. The molecule has 0 aliphatic rings. The van der Waals surface area contributed by atoms with Crippen LogP contribution in [0.25, 0.3) is 0 Å². The van der Waals surface area contributed by atoms with Gasteiger partial charge in [0.15, 0.2) is 0 Å². The van der Waals surface area contributed by atoms with Crippen LogP contribution in [0.2, 0.25) is 0 Å². The summed E-state index contributed by atoms with van der Waals surface area (Å²) < 4.78 is 0. The molecule has 0 radical (unpaired) electrons. The van der Waals surface area contributed by atoms with Crippen LogP contribution >= 0.6 is 35.3 Å². The Balaban J connectivity index is 0.000000250. The van der Waals surface area contributed by atoms with E-state index in [4.69, 9.17) is 0 Å². The van der Waals surface area contributed by atoms with Crippen molar-refractivity contribution >= 4 is 35.3 Å². The molecule has 6 heavy (non-hydrogen) atoms. The van der Waals surface area contributed by atoms with Gasteiger partial charge in [-0.1, -0.05) is 12.1 Å². The average Bonchev–Trinajstić information content (AvgIpc) is 1.76. The van der Waals surface area contributed by atoms with Gasteiger partial charge in [-0.05, 0) is 10.8 Å². The molecule has 0 bridgehead atoms. The third kappa shape index (κ3) is 1.77. The average molecular weight is 212 g/mol. The molecular weight excluding hydrogens is 207 g/mol. The van der Waals surface area contributed by atoms with Crippen LogP contribution in [0.15, 0.2) is 22.9 Å². The lowest BCUT2D eigenvalue weighted by Gasteiger charge is -1.39. The van der Waals surface area contributed by atoms with Gasteiger partial charge in [0.25, 0.3) is 0 Å². The van der Waals surface area contributed by atoms with Crippen molar-refractivity contribution in [3.8, 4) is 0 Å². The molecular formula is C4H5IS. The van der Waals surface area contributed by atoms with Crippen molar-refractivity contribution in [3.05, 3.63) is 22.9 Å². The molecule has 0 atom stereocenters. The molecule has 0 aromatic carbocycles. The van der Waals surface area contributed by atoms with Gasteiger partial charge >= 0.3 is 0 Å². The molecule has 0 aliphatic heterocycles. The van der Waals surface area contributed by atoms with Crippen molar-refractivity contribution < 1.29 is 0 Å². The molecule has 0 unspecified atom stereocenters. The van der Waals surface area contributed by atoms with E-state index in [2.05, 4.69) is 0 Å². The Morgan fingerprint density at radius 1 is 1.00 bits per heavy atom. The second-order valence-corrected chi connectivity index (χ2v) is 1.61. The van der Waals surface area contributed by atoms with Crippen molar-refractivity contribution in [1.29, 1.82) is 0 Å². The Hall–Kier alpha value is 0.430. The monoisotopic (exact) mass is 212 g/mol. The Morgan fingerprint density at radius 2 is 1.50 bits per heavy atom.